The molecule has 2 aromatic carbocycles. The fourth-order valence-corrected chi connectivity index (χ4v) is 2.54. The molecule has 0 aliphatic rings. The van der Waals surface area contributed by atoms with Crippen molar-refractivity contribution in [1.82, 2.24) is 0 Å². The zero-order valence-electron chi connectivity index (χ0n) is 16.2. The van der Waals surface area contributed by atoms with E-state index in [9.17, 15) is 0 Å². The van der Waals surface area contributed by atoms with Crippen molar-refractivity contribution in [3.8, 4) is 0 Å². The minimum atomic E-state index is 1.15. The molecule has 0 saturated carbocycles. The summed E-state index contributed by atoms with van der Waals surface area (Å²) in [5.41, 5.74) is 8.36. The molecule has 128 valence electrons. The van der Waals surface area contributed by atoms with Crippen molar-refractivity contribution < 1.29 is 0 Å². The smallest absolute Gasteiger partial charge is 0.0204 e. The van der Waals surface area contributed by atoms with Crippen LogP contribution < -0.4 is 0 Å². The van der Waals surface area contributed by atoms with E-state index in [0.717, 1.165) is 6.42 Å². The second-order valence-electron chi connectivity index (χ2n) is 6.18. The fraction of sp³-hybridized carbons (Fsp3) is 0.455. The summed E-state index contributed by atoms with van der Waals surface area (Å²) in [6.45, 7) is 17.2. The second-order valence-corrected chi connectivity index (χ2v) is 7.03. The van der Waals surface area contributed by atoms with Crippen molar-refractivity contribution in [3.63, 3.8) is 0 Å². The van der Waals surface area contributed by atoms with Crippen LogP contribution in [0.3, 0.4) is 0 Å². The average Bonchev–Trinajstić information content (AvgIpc) is 2.48. The summed E-state index contributed by atoms with van der Waals surface area (Å²) < 4.78 is 1.19. The molecular formula is C22H33Br. The molecule has 2 aromatic rings. The highest BCUT2D eigenvalue weighted by molar-refractivity contribution is 9.10. The molecule has 0 spiro atoms. The van der Waals surface area contributed by atoms with Gasteiger partial charge in [-0.3, -0.25) is 0 Å². The van der Waals surface area contributed by atoms with Gasteiger partial charge in [0.25, 0.3) is 0 Å². The molecule has 0 aromatic heterocycles. The maximum atomic E-state index is 3.43. The van der Waals surface area contributed by atoms with Crippen LogP contribution in [0.15, 0.2) is 34.8 Å². The van der Waals surface area contributed by atoms with Crippen molar-refractivity contribution in [2.45, 2.75) is 68.2 Å². The predicted molar refractivity (Wildman–Crippen MR) is 110 cm³/mol. The summed E-state index contributed by atoms with van der Waals surface area (Å²) in [4.78, 5) is 0. The molecule has 0 atom stereocenters. The molecule has 1 heteroatoms. The van der Waals surface area contributed by atoms with Crippen molar-refractivity contribution in [2.24, 2.45) is 0 Å². The Morgan fingerprint density at radius 3 is 1.70 bits per heavy atom. The van der Waals surface area contributed by atoms with E-state index in [-0.39, 0.29) is 0 Å². The van der Waals surface area contributed by atoms with Crippen LogP contribution >= 0.6 is 15.9 Å². The lowest BCUT2D eigenvalue weighted by molar-refractivity contribution is 1.08. The third-order valence-corrected chi connectivity index (χ3v) is 4.50. The van der Waals surface area contributed by atoms with Crippen LogP contribution in [0.1, 0.15) is 60.6 Å². The Hall–Kier alpha value is -1.08. The third-order valence-electron chi connectivity index (χ3n) is 3.61. The molecule has 0 fully saturated rings. The lowest BCUT2D eigenvalue weighted by Gasteiger charge is -2.07. The molecule has 0 nitrogen and oxygen atoms in total. The summed E-state index contributed by atoms with van der Waals surface area (Å²) in [6.07, 6.45) is 2.40. The molecule has 23 heavy (non-hydrogen) atoms. The fourth-order valence-electron chi connectivity index (χ4n) is 2.29. The van der Waals surface area contributed by atoms with E-state index in [1.165, 1.54) is 44.3 Å². The van der Waals surface area contributed by atoms with Gasteiger partial charge in [-0.2, -0.15) is 0 Å². The van der Waals surface area contributed by atoms with Gasteiger partial charge >= 0.3 is 0 Å². The highest BCUT2D eigenvalue weighted by Gasteiger charge is 1.99. The van der Waals surface area contributed by atoms with Gasteiger partial charge in [-0.1, -0.05) is 78.5 Å². The standard InChI is InChI=1S/C11H16.C8H9Br.C3H8/c1-5-11-7-8(2)6-9(3)10(11)4;1-6-3-4-8(9)7(2)5-6;1-3-2/h6-7H,5H2,1-4H3;3-5H,1-2H3;3H2,1-2H3. The topological polar surface area (TPSA) is 0 Å². The van der Waals surface area contributed by atoms with E-state index >= 15 is 0 Å². The van der Waals surface area contributed by atoms with Gasteiger partial charge in [0.05, 0.1) is 0 Å². The summed E-state index contributed by atoms with van der Waals surface area (Å²) >= 11 is 3.43. The van der Waals surface area contributed by atoms with Crippen LogP contribution in [0.5, 0.6) is 0 Å². The van der Waals surface area contributed by atoms with E-state index in [2.05, 4.69) is 102 Å². The molecule has 0 bridgehead atoms. The lowest BCUT2D eigenvalue weighted by atomic mass is 9.99. The van der Waals surface area contributed by atoms with Gasteiger partial charge in [-0.05, 0) is 69.4 Å². The highest BCUT2D eigenvalue weighted by Crippen LogP contribution is 2.16. The SMILES string of the molecule is CCC.CCc1cc(C)cc(C)c1C.Cc1ccc(Br)c(C)c1. The largest absolute Gasteiger partial charge is 0.0656 e. The average molecular weight is 377 g/mol. The summed E-state index contributed by atoms with van der Waals surface area (Å²) in [5, 5.41) is 0. The van der Waals surface area contributed by atoms with Crippen LogP contribution in [0.2, 0.25) is 0 Å². The van der Waals surface area contributed by atoms with Crippen molar-refractivity contribution in [2.75, 3.05) is 0 Å². The van der Waals surface area contributed by atoms with Crippen molar-refractivity contribution >= 4 is 15.9 Å². The van der Waals surface area contributed by atoms with Crippen molar-refractivity contribution in [1.29, 1.82) is 0 Å². The molecule has 0 unspecified atom stereocenters. The number of halogens is 1. The molecule has 0 radical (unpaired) electrons. The molecule has 0 heterocycles. The van der Waals surface area contributed by atoms with Gasteiger partial charge < -0.3 is 0 Å². The summed E-state index contributed by atoms with van der Waals surface area (Å²) in [5.74, 6) is 0. The first-order valence-electron chi connectivity index (χ1n) is 8.56. The zero-order chi connectivity index (χ0) is 18.0. The Balaban J connectivity index is 0.000000365. The normalized spacial score (nSPS) is 9.43. The van der Waals surface area contributed by atoms with Crippen molar-refractivity contribution in [3.05, 3.63) is 68.2 Å². The first-order valence-corrected chi connectivity index (χ1v) is 9.35. The molecule has 0 amide bonds. The van der Waals surface area contributed by atoms with Crippen LogP contribution in [0, 0.1) is 34.6 Å². The summed E-state index contributed by atoms with van der Waals surface area (Å²) in [7, 11) is 0. The molecule has 0 N–H and O–H groups in total. The number of hydrogen-bond acceptors (Lipinski definition) is 0. The maximum Gasteiger partial charge on any atom is 0.0204 e. The molecular weight excluding hydrogens is 344 g/mol. The van der Waals surface area contributed by atoms with Gasteiger partial charge in [-0.15, -0.1) is 0 Å². The van der Waals surface area contributed by atoms with Crippen LogP contribution in [0.25, 0.3) is 0 Å². The number of rotatable bonds is 1. The second kappa shape index (κ2) is 11.5. The minimum absolute atomic E-state index is 1.15. The number of benzene rings is 2. The van der Waals surface area contributed by atoms with Gasteiger partial charge in [0, 0.05) is 4.47 Å². The van der Waals surface area contributed by atoms with Crippen LogP contribution in [0.4, 0.5) is 0 Å². The monoisotopic (exact) mass is 376 g/mol. The molecule has 0 aliphatic heterocycles. The van der Waals surface area contributed by atoms with E-state index in [0.29, 0.717) is 0 Å². The third kappa shape index (κ3) is 8.37. The number of hydrogen-bond donors (Lipinski definition) is 0. The number of aryl methyl sites for hydroxylation is 5. The summed E-state index contributed by atoms with van der Waals surface area (Å²) in [6, 6.07) is 10.8. The van der Waals surface area contributed by atoms with E-state index in [1.54, 1.807) is 0 Å². The van der Waals surface area contributed by atoms with E-state index in [4.69, 9.17) is 0 Å². The van der Waals surface area contributed by atoms with E-state index < -0.39 is 0 Å². The Labute approximate surface area is 152 Å². The lowest BCUT2D eigenvalue weighted by Crippen LogP contribution is -1.91. The molecule has 2 rings (SSSR count). The Morgan fingerprint density at radius 1 is 0.739 bits per heavy atom. The maximum absolute atomic E-state index is 3.43. The Bertz CT molecular complexity index is 597. The van der Waals surface area contributed by atoms with Gasteiger partial charge in [0.15, 0.2) is 0 Å². The first-order chi connectivity index (χ1) is 10.8. The molecule has 0 saturated heterocycles. The quantitative estimate of drug-likeness (QED) is 0.479. The highest BCUT2D eigenvalue weighted by atomic mass is 79.9. The van der Waals surface area contributed by atoms with Crippen LogP contribution in [-0.2, 0) is 6.42 Å². The van der Waals surface area contributed by atoms with Gasteiger partial charge in [-0.25, -0.2) is 0 Å². The Kier molecular flexibility index (Phi) is 10.9. The Morgan fingerprint density at radius 2 is 1.26 bits per heavy atom. The van der Waals surface area contributed by atoms with Gasteiger partial charge in [0.1, 0.15) is 0 Å². The first kappa shape index (κ1) is 21.9. The van der Waals surface area contributed by atoms with Gasteiger partial charge in [0.2, 0.25) is 0 Å². The minimum Gasteiger partial charge on any atom is -0.0656 e. The van der Waals surface area contributed by atoms with Crippen LogP contribution in [-0.4, -0.2) is 0 Å². The van der Waals surface area contributed by atoms with E-state index in [1.807, 2.05) is 0 Å². The predicted octanol–water partition coefficient (Wildman–Crippen LogP) is 7.66. The molecule has 0 aliphatic carbocycles. The zero-order valence-corrected chi connectivity index (χ0v) is 17.8.